The van der Waals surface area contributed by atoms with Gasteiger partial charge in [0.1, 0.15) is 21.0 Å². The van der Waals surface area contributed by atoms with Gasteiger partial charge in [-0.2, -0.15) is 0 Å². The lowest BCUT2D eigenvalue weighted by molar-refractivity contribution is 0.610. The maximum absolute atomic E-state index is 6.44. The van der Waals surface area contributed by atoms with Crippen LogP contribution in [-0.2, 0) is 0 Å². The predicted molar refractivity (Wildman–Crippen MR) is 166 cm³/mol. The maximum Gasteiger partial charge on any atom is 0.153 e. The number of rotatable bonds is 7. The van der Waals surface area contributed by atoms with Crippen molar-refractivity contribution in [2.24, 2.45) is 4.99 Å². The summed E-state index contributed by atoms with van der Waals surface area (Å²) in [5.74, 6) is 0.774. The van der Waals surface area contributed by atoms with Crippen molar-refractivity contribution in [2.75, 3.05) is 18.9 Å². The molecular weight excluding hydrogens is 498 g/mol. The van der Waals surface area contributed by atoms with Crippen LogP contribution in [0.1, 0.15) is 65.1 Å². The Morgan fingerprint density at radius 2 is 1.92 bits per heavy atom. The second-order valence-corrected chi connectivity index (χ2v) is 9.33. The van der Waals surface area contributed by atoms with Gasteiger partial charge in [0.25, 0.3) is 0 Å². The number of pyridine rings is 1. The number of hydrogen-bond donors (Lipinski definition) is 2. The normalized spacial score (nSPS) is 13.6. The molecule has 2 heterocycles. The third-order valence-electron chi connectivity index (χ3n) is 5.67. The van der Waals surface area contributed by atoms with Crippen molar-refractivity contribution in [2.45, 2.75) is 60.9 Å². The van der Waals surface area contributed by atoms with E-state index < -0.39 is 0 Å². The number of hydrogen-bond acceptors (Lipinski definition) is 6. The molecule has 0 fully saturated rings. The van der Waals surface area contributed by atoms with Crippen LogP contribution in [0.3, 0.4) is 0 Å². The highest BCUT2D eigenvalue weighted by atomic mass is 35.5. The lowest BCUT2D eigenvalue weighted by Crippen LogP contribution is -2.21. The Morgan fingerprint density at radius 3 is 2.62 bits per heavy atom. The molecule has 2 aromatic heterocycles. The average Bonchev–Trinajstić information content (AvgIpc) is 3.27. The van der Waals surface area contributed by atoms with E-state index in [9.17, 15) is 0 Å². The van der Waals surface area contributed by atoms with Gasteiger partial charge in [-0.3, -0.25) is 4.99 Å². The highest BCUT2D eigenvalue weighted by Crippen LogP contribution is 2.38. The van der Waals surface area contributed by atoms with Gasteiger partial charge in [0.15, 0.2) is 5.82 Å². The van der Waals surface area contributed by atoms with Crippen LogP contribution in [0.2, 0.25) is 0 Å². The standard InChI is InChI=1S/C26H28ClN5S.2C2H6/c1-5-29-22-16(2)23-26(32-24(22)28-4)33-25(31-23)19-12-9-11-18(14-19)17(3)30-15-20-10-7-6-8-13-21(20)27;2*1-2/h5-12,14,17,30H,13,15H2,1-4H3,(H,28,32);2*1-2H3. The molecule has 1 unspecified atom stereocenters. The van der Waals surface area contributed by atoms with Crippen molar-refractivity contribution >= 4 is 51.0 Å². The Labute approximate surface area is 231 Å². The zero-order valence-electron chi connectivity index (χ0n) is 23.3. The Hall–Kier alpha value is -2.80. The molecule has 198 valence electrons. The summed E-state index contributed by atoms with van der Waals surface area (Å²) in [6, 6.07) is 8.71. The molecule has 2 N–H and O–H groups in total. The van der Waals surface area contributed by atoms with Gasteiger partial charge < -0.3 is 10.6 Å². The first-order chi connectivity index (χ1) is 18.0. The topological polar surface area (TPSA) is 62.2 Å². The van der Waals surface area contributed by atoms with Gasteiger partial charge in [0.05, 0.1) is 0 Å². The van der Waals surface area contributed by atoms with Gasteiger partial charge >= 0.3 is 0 Å². The van der Waals surface area contributed by atoms with Gasteiger partial charge in [0.2, 0.25) is 0 Å². The molecule has 0 spiro atoms. The largest absolute Gasteiger partial charge is 0.371 e. The Morgan fingerprint density at radius 1 is 1.16 bits per heavy atom. The molecular formula is C30H40ClN5S. The Bertz CT molecular complexity index is 1290. The van der Waals surface area contributed by atoms with E-state index in [4.69, 9.17) is 21.6 Å². The van der Waals surface area contributed by atoms with Crippen LogP contribution in [0.15, 0.2) is 64.2 Å². The molecule has 0 radical (unpaired) electrons. The van der Waals surface area contributed by atoms with Gasteiger partial charge in [0, 0.05) is 48.4 Å². The van der Waals surface area contributed by atoms with Crippen molar-refractivity contribution < 1.29 is 0 Å². The van der Waals surface area contributed by atoms with Crippen molar-refractivity contribution in [3.8, 4) is 10.6 Å². The fraction of sp³-hybridized carbons (Fsp3) is 0.367. The smallest absolute Gasteiger partial charge is 0.153 e. The summed E-state index contributed by atoms with van der Waals surface area (Å²) in [6.45, 7) is 14.9. The van der Waals surface area contributed by atoms with E-state index in [1.165, 1.54) is 5.56 Å². The van der Waals surface area contributed by atoms with E-state index in [-0.39, 0.29) is 6.04 Å². The van der Waals surface area contributed by atoms with Gasteiger partial charge in [-0.1, -0.05) is 93.1 Å². The Balaban J connectivity index is 0.00000115. The maximum atomic E-state index is 6.44. The number of thiazole rings is 1. The van der Waals surface area contributed by atoms with E-state index in [1.54, 1.807) is 17.6 Å². The molecule has 0 saturated heterocycles. The summed E-state index contributed by atoms with van der Waals surface area (Å²) in [5, 5.41) is 8.61. The number of aliphatic imine (C=N–C) groups is 1. The minimum Gasteiger partial charge on any atom is -0.371 e. The molecule has 3 aromatic rings. The van der Waals surface area contributed by atoms with E-state index in [0.717, 1.165) is 61.6 Å². The van der Waals surface area contributed by atoms with Crippen LogP contribution in [0.25, 0.3) is 20.9 Å². The summed E-state index contributed by atoms with van der Waals surface area (Å²) in [5.41, 5.74) is 6.20. The fourth-order valence-corrected chi connectivity index (χ4v) is 5.00. The quantitative estimate of drug-likeness (QED) is 0.295. The van der Waals surface area contributed by atoms with Crippen molar-refractivity contribution in [1.29, 1.82) is 0 Å². The highest BCUT2D eigenvalue weighted by molar-refractivity contribution is 7.21. The first-order valence-electron chi connectivity index (χ1n) is 13.0. The molecule has 1 aliphatic carbocycles. The highest BCUT2D eigenvalue weighted by Gasteiger charge is 2.17. The first kappa shape index (κ1) is 30.4. The molecule has 5 nitrogen and oxygen atoms in total. The lowest BCUT2D eigenvalue weighted by atomic mass is 10.0. The molecule has 4 rings (SSSR count). The predicted octanol–water partition coefficient (Wildman–Crippen LogP) is 9.14. The Kier molecular flexibility index (Phi) is 12.7. The number of benzene rings is 1. The summed E-state index contributed by atoms with van der Waals surface area (Å²) in [7, 11) is 1.87. The molecule has 1 aliphatic rings. The molecule has 0 saturated carbocycles. The van der Waals surface area contributed by atoms with Gasteiger partial charge in [-0.05, 0) is 38.0 Å². The van der Waals surface area contributed by atoms with E-state index >= 15 is 0 Å². The van der Waals surface area contributed by atoms with Crippen LogP contribution in [-0.4, -0.2) is 29.8 Å². The van der Waals surface area contributed by atoms with Crippen LogP contribution < -0.4 is 10.6 Å². The molecule has 0 aliphatic heterocycles. The number of aromatic nitrogens is 2. The number of halogens is 1. The minimum atomic E-state index is 0.169. The SMILES string of the molecule is CC.CC.CC=Nc1c(NC)nc2sc(-c3cccc(C(C)NCC4=C(Cl)CC=CC=C4)c3)nc2c1C. The first-order valence-corrected chi connectivity index (χ1v) is 14.2. The third-order valence-corrected chi connectivity index (χ3v) is 7.07. The lowest BCUT2D eigenvalue weighted by Gasteiger charge is -2.16. The number of nitrogens with zero attached hydrogens (tertiary/aromatic N) is 3. The number of nitrogens with one attached hydrogen (secondary N) is 2. The molecule has 7 heteroatoms. The summed E-state index contributed by atoms with van der Waals surface area (Å²) in [4.78, 5) is 15.1. The minimum absolute atomic E-state index is 0.169. The molecule has 0 bridgehead atoms. The second kappa shape index (κ2) is 15.5. The molecule has 0 amide bonds. The number of fused-ring (bicyclic) bond motifs is 1. The van der Waals surface area contributed by atoms with E-state index in [0.29, 0.717) is 0 Å². The van der Waals surface area contributed by atoms with Gasteiger partial charge in [-0.15, -0.1) is 0 Å². The van der Waals surface area contributed by atoms with Crippen LogP contribution >= 0.6 is 22.9 Å². The van der Waals surface area contributed by atoms with Crippen molar-refractivity contribution in [3.63, 3.8) is 0 Å². The monoisotopic (exact) mass is 537 g/mol. The molecule has 37 heavy (non-hydrogen) atoms. The summed E-state index contributed by atoms with van der Waals surface area (Å²) < 4.78 is 0. The van der Waals surface area contributed by atoms with Crippen molar-refractivity contribution in [1.82, 2.24) is 15.3 Å². The van der Waals surface area contributed by atoms with Crippen molar-refractivity contribution in [3.05, 3.63) is 70.3 Å². The number of allylic oxidation sites excluding steroid dienone is 4. The zero-order valence-corrected chi connectivity index (χ0v) is 24.9. The van der Waals surface area contributed by atoms with E-state index in [2.05, 4.69) is 65.9 Å². The number of anilines is 1. The van der Waals surface area contributed by atoms with Crippen LogP contribution in [0.5, 0.6) is 0 Å². The number of aryl methyl sites for hydroxylation is 1. The second-order valence-electron chi connectivity index (χ2n) is 7.89. The van der Waals surface area contributed by atoms with Crippen LogP contribution in [0, 0.1) is 6.92 Å². The van der Waals surface area contributed by atoms with Gasteiger partial charge in [-0.25, -0.2) is 9.97 Å². The summed E-state index contributed by atoms with van der Waals surface area (Å²) in [6.07, 6.45) is 10.8. The molecule has 1 atom stereocenters. The van der Waals surface area contributed by atoms with Crippen LogP contribution in [0.4, 0.5) is 11.5 Å². The zero-order chi connectivity index (χ0) is 27.4. The fourth-order valence-electron chi connectivity index (χ4n) is 3.78. The molecule has 1 aromatic carbocycles. The third kappa shape index (κ3) is 7.60. The van der Waals surface area contributed by atoms with E-state index in [1.807, 2.05) is 53.8 Å². The summed E-state index contributed by atoms with van der Waals surface area (Å²) >= 11 is 8.04. The average molecular weight is 538 g/mol.